The molecule has 1 aliphatic heterocycles. The molecule has 4 rings (SSSR count). The van der Waals surface area contributed by atoms with Crippen LogP contribution in [0.5, 0.6) is 0 Å². The molecule has 0 aliphatic carbocycles. The van der Waals surface area contributed by atoms with Crippen LogP contribution in [-0.4, -0.2) is 44.6 Å². The van der Waals surface area contributed by atoms with Crippen molar-refractivity contribution in [2.45, 2.75) is 31.1 Å². The molecule has 2 aromatic carbocycles. The van der Waals surface area contributed by atoms with Gasteiger partial charge < -0.3 is 10.2 Å². The van der Waals surface area contributed by atoms with Gasteiger partial charge in [0.05, 0.1) is 4.90 Å². The number of nitrogens with one attached hydrogen (secondary N) is 2. The molecule has 3 aromatic rings. The third kappa shape index (κ3) is 4.71. The molecule has 0 atom stereocenters. The monoisotopic (exact) mass is 425 g/mol. The van der Waals surface area contributed by atoms with E-state index < -0.39 is 10.0 Å². The first-order valence-corrected chi connectivity index (χ1v) is 11.8. The van der Waals surface area contributed by atoms with E-state index in [-0.39, 0.29) is 6.54 Å². The first-order valence-electron chi connectivity index (χ1n) is 10.3. The average Bonchev–Trinajstić information content (AvgIpc) is 2.76. The lowest BCUT2D eigenvalue weighted by Gasteiger charge is -2.28. The van der Waals surface area contributed by atoms with Crippen LogP contribution in [-0.2, 0) is 10.0 Å². The SMILES string of the molecule is Cc1nc(NCCNS(=O)(=O)c2cccc3ccccc23)cc(N2CCCCC2)n1. The number of nitrogens with zero attached hydrogens (tertiary/aromatic N) is 3. The lowest BCUT2D eigenvalue weighted by molar-refractivity contribution is 0.572. The average molecular weight is 426 g/mol. The molecule has 7 nitrogen and oxygen atoms in total. The minimum Gasteiger partial charge on any atom is -0.369 e. The zero-order valence-electron chi connectivity index (χ0n) is 17.1. The first-order chi connectivity index (χ1) is 14.5. The van der Waals surface area contributed by atoms with Crippen molar-refractivity contribution in [2.75, 3.05) is 36.4 Å². The molecule has 1 fully saturated rings. The maximum atomic E-state index is 12.8. The molecule has 1 saturated heterocycles. The number of aryl methyl sites for hydroxylation is 1. The van der Waals surface area contributed by atoms with Crippen LogP contribution < -0.4 is 14.9 Å². The van der Waals surface area contributed by atoms with Gasteiger partial charge in [-0.25, -0.2) is 23.1 Å². The summed E-state index contributed by atoms with van der Waals surface area (Å²) in [5, 5.41) is 4.84. The van der Waals surface area contributed by atoms with Gasteiger partial charge in [-0.3, -0.25) is 0 Å². The van der Waals surface area contributed by atoms with Crippen LogP contribution in [0.15, 0.2) is 53.4 Å². The van der Waals surface area contributed by atoms with Crippen LogP contribution in [0, 0.1) is 6.92 Å². The number of benzene rings is 2. The maximum absolute atomic E-state index is 12.8. The van der Waals surface area contributed by atoms with Crippen LogP contribution in [0.25, 0.3) is 10.8 Å². The molecule has 1 aromatic heterocycles. The molecular weight excluding hydrogens is 398 g/mol. The van der Waals surface area contributed by atoms with Crippen molar-refractivity contribution in [3.8, 4) is 0 Å². The summed E-state index contributed by atoms with van der Waals surface area (Å²) in [6.45, 7) is 4.59. The molecule has 0 saturated carbocycles. The Morgan fingerprint density at radius 3 is 2.57 bits per heavy atom. The number of fused-ring (bicyclic) bond motifs is 1. The zero-order valence-corrected chi connectivity index (χ0v) is 18.0. The second-order valence-corrected chi connectivity index (χ2v) is 9.24. The van der Waals surface area contributed by atoms with Gasteiger partial charge in [0.1, 0.15) is 17.5 Å². The van der Waals surface area contributed by atoms with Crippen molar-refractivity contribution in [3.63, 3.8) is 0 Å². The Hall–Kier alpha value is -2.71. The van der Waals surface area contributed by atoms with Crippen molar-refractivity contribution in [1.82, 2.24) is 14.7 Å². The van der Waals surface area contributed by atoms with E-state index in [1.165, 1.54) is 19.3 Å². The maximum Gasteiger partial charge on any atom is 0.241 e. The lowest BCUT2D eigenvalue weighted by atomic mass is 10.1. The fraction of sp³-hybridized carbons (Fsp3) is 0.364. The first kappa shape index (κ1) is 20.6. The van der Waals surface area contributed by atoms with Crippen molar-refractivity contribution in [1.29, 1.82) is 0 Å². The molecular formula is C22H27N5O2S. The van der Waals surface area contributed by atoms with Gasteiger partial charge in [0.2, 0.25) is 10.0 Å². The van der Waals surface area contributed by atoms with Crippen LogP contribution in [0.1, 0.15) is 25.1 Å². The highest BCUT2D eigenvalue weighted by molar-refractivity contribution is 7.89. The highest BCUT2D eigenvalue weighted by Crippen LogP contribution is 2.23. The highest BCUT2D eigenvalue weighted by atomic mass is 32.2. The molecule has 0 amide bonds. The van der Waals surface area contributed by atoms with Gasteiger partial charge in [-0.2, -0.15) is 0 Å². The van der Waals surface area contributed by atoms with E-state index in [0.717, 1.165) is 29.7 Å². The number of rotatable bonds is 7. The number of anilines is 2. The topological polar surface area (TPSA) is 87.2 Å². The third-order valence-corrected chi connectivity index (χ3v) is 6.79. The van der Waals surface area contributed by atoms with E-state index in [0.29, 0.717) is 23.1 Å². The smallest absolute Gasteiger partial charge is 0.241 e. The van der Waals surface area contributed by atoms with E-state index in [4.69, 9.17) is 0 Å². The summed E-state index contributed by atoms with van der Waals surface area (Å²) in [7, 11) is -3.61. The number of piperidine rings is 1. The second-order valence-electron chi connectivity index (χ2n) is 7.51. The van der Waals surface area contributed by atoms with E-state index in [9.17, 15) is 8.42 Å². The van der Waals surface area contributed by atoms with E-state index in [1.807, 2.05) is 43.3 Å². The van der Waals surface area contributed by atoms with Crippen molar-refractivity contribution in [2.24, 2.45) is 0 Å². The van der Waals surface area contributed by atoms with Crippen molar-refractivity contribution in [3.05, 3.63) is 54.4 Å². The third-order valence-electron chi connectivity index (χ3n) is 5.27. The van der Waals surface area contributed by atoms with Crippen LogP contribution >= 0.6 is 0 Å². The minimum absolute atomic E-state index is 0.258. The van der Waals surface area contributed by atoms with Gasteiger partial charge in [0.25, 0.3) is 0 Å². The number of hydrogen-bond donors (Lipinski definition) is 2. The van der Waals surface area contributed by atoms with Crippen LogP contribution in [0.2, 0.25) is 0 Å². The van der Waals surface area contributed by atoms with Crippen LogP contribution in [0.4, 0.5) is 11.6 Å². The Labute approximate surface area is 177 Å². The molecule has 158 valence electrons. The van der Waals surface area contributed by atoms with Gasteiger partial charge in [0.15, 0.2) is 0 Å². The van der Waals surface area contributed by atoms with Gasteiger partial charge in [-0.05, 0) is 37.6 Å². The fourth-order valence-corrected chi connectivity index (χ4v) is 5.07. The summed E-state index contributed by atoms with van der Waals surface area (Å²) in [6.07, 6.45) is 3.63. The number of aromatic nitrogens is 2. The minimum atomic E-state index is -3.61. The molecule has 0 bridgehead atoms. The summed E-state index contributed by atoms with van der Waals surface area (Å²) >= 11 is 0. The van der Waals surface area contributed by atoms with Crippen LogP contribution in [0.3, 0.4) is 0 Å². The molecule has 0 unspecified atom stereocenters. The molecule has 2 N–H and O–H groups in total. The largest absolute Gasteiger partial charge is 0.369 e. The summed E-state index contributed by atoms with van der Waals surface area (Å²) in [5.74, 6) is 2.35. The quantitative estimate of drug-likeness (QED) is 0.565. The number of hydrogen-bond acceptors (Lipinski definition) is 6. The standard InChI is InChI=1S/C22H27N5O2S/c1-17-25-21(16-22(26-17)27-14-5-2-6-15-27)23-12-13-24-30(28,29)20-11-7-9-18-8-3-4-10-19(18)20/h3-4,7-11,16,24H,2,5-6,12-15H2,1H3,(H,23,25,26). The van der Waals surface area contributed by atoms with Gasteiger partial charge >= 0.3 is 0 Å². The van der Waals surface area contributed by atoms with E-state index >= 15 is 0 Å². The summed E-state index contributed by atoms with van der Waals surface area (Å²) in [6, 6.07) is 14.7. The molecule has 0 radical (unpaired) electrons. The molecule has 8 heteroatoms. The molecule has 2 heterocycles. The Bertz CT molecular complexity index is 1120. The predicted molar refractivity (Wildman–Crippen MR) is 120 cm³/mol. The fourth-order valence-electron chi connectivity index (χ4n) is 3.81. The van der Waals surface area contributed by atoms with E-state index in [1.54, 1.807) is 12.1 Å². The molecule has 1 aliphatic rings. The van der Waals surface area contributed by atoms with E-state index in [2.05, 4.69) is 24.9 Å². The molecule has 0 spiro atoms. The van der Waals surface area contributed by atoms with Gasteiger partial charge in [-0.15, -0.1) is 0 Å². The van der Waals surface area contributed by atoms with Gasteiger partial charge in [-0.1, -0.05) is 36.4 Å². The van der Waals surface area contributed by atoms with Crippen molar-refractivity contribution < 1.29 is 8.42 Å². The highest BCUT2D eigenvalue weighted by Gasteiger charge is 2.17. The van der Waals surface area contributed by atoms with Gasteiger partial charge in [0, 0.05) is 37.6 Å². The summed E-state index contributed by atoms with van der Waals surface area (Å²) < 4.78 is 28.3. The zero-order chi connectivity index (χ0) is 21.0. The summed E-state index contributed by atoms with van der Waals surface area (Å²) in [5.41, 5.74) is 0. The number of sulfonamides is 1. The molecule has 30 heavy (non-hydrogen) atoms. The Kier molecular flexibility index (Phi) is 6.15. The Morgan fingerprint density at radius 2 is 1.73 bits per heavy atom. The predicted octanol–water partition coefficient (Wildman–Crippen LogP) is 3.32. The Balaban J connectivity index is 1.39. The Morgan fingerprint density at radius 1 is 0.967 bits per heavy atom. The summed E-state index contributed by atoms with van der Waals surface area (Å²) in [4.78, 5) is 11.6. The van der Waals surface area contributed by atoms with Crippen molar-refractivity contribution >= 4 is 32.4 Å². The second kappa shape index (κ2) is 8.97. The normalized spacial score (nSPS) is 14.8. The lowest BCUT2D eigenvalue weighted by Crippen LogP contribution is -2.31.